The van der Waals surface area contributed by atoms with Crippen LogP contribution in [0.5, 0.6) is 0 Å². The maximum Gasteiger partial charge on any atom is 0.306 e. The van der Waals surface area contributed by atoms with Crippen molar-refractivity contribution in [2.75, 3.05) is 0 Å². The van der Waals surface area contributed by atoms with Crippen molar-refractivity contribution >= 4 is 5.97 Å². The van der Waals surface area contributed by atoms with Crippen LogP contribution in [-0.4, -0.2) is 16.2 Å². The van der Waals surface area contributed by atoms with E-state index in [0.29, 0.717) is 18.1 Å². The molecule has 0 amide bonds. The molecule has 3 unspecified atom stereocenters. The van der Waals surface area contributed by atoms with Gasteiger partial charge in [0.05, 0.1) is 5.92 Å². The number of allylic oxidation sites excluding steroid dienone is 4. The number of hydrogen-bond donors (Lipinski definition) is 2. The molecule has 216 valence electrons. The van der Waals surface area contributed by atoms with Gasteiger partial charge in [-0.05, 0) is 41.6 Å². The monoisotopic (exact) mass is 518 g/mol. The summed E-state index contributed by atoms with van der Waals surface area (Å²) in [5.74, 6) is -0.0301. The molecule has 1 rings (SSSR count). The van der Waals surface area contributed by atoms with Gasteiger partial charge in [-0.3, -0.25) is 4.79 Å². The third-order valence-corrected chi connectivity index (χ3v) is 9.08. The largest absolute Gasteiger partial charge is 0.511 e. The molecule has 0 radical (unpaired) electrons. The van der Waals surface area contributed by atoms with Crippen molar-refractivity contribution in [2.45, 2.75) is 159 Å². The zero-order chi connectivity index (χ0) is 28.3. The van der Waals surface area contributed by atoms with Crippen LogP contribution in [0.15, 0.2) is 23.0 Å². The molecule has 0 aliphatic heterocycles. The molecule has 1 aliphatic carbocycles. The predicted octanol–water partition coefficient (Wildman–Crippen LogP) is 11.0. The highest BCUT2D eigenvalue weighted by Gasteiger charge is 2.46. The Morgan fingerprint density at radius 1 is 0.892 bits per heavy atom. The maximum atomic E-state index is 12.5. The van der Waals surface area contributed by atoms with Crippen molar-refractivity contribution in [1.82, 2.24) is 0 Å². The van der Waals surface area contributed by atoms with Crippen LogP contribution in [0.2, 0.25) is 0 Å². The van der Waals surface area contributed by atoms with Crippen LogP contribution < -0.4 is 0 Å². The van der Waals surface area contributed by atoms with Gasteiger partial charge in [-0.25, -0.2) is 0 Å². The lowest BCUT2D eigenvalue weighted by Crippen LogP contribution is -2.39. The van der Waals surface area contributed by atoms with E-state index >= 15 is 0 Å². The first kappa shape index (κ1) is 33.8. The molecule has 0 saturated heterocycles. The molecule has 0 spiro atoms. The number of aliphatic hydroxyl groups excluding tert-OH is 1. The summed E-state index contributed by atoms with van der Waals surface area (Å²) in [7, 11) is 0. The molecule has 0 bridgehead atoms. The lowest BCUT2D eigenvalue weighted by molar-refractivity contribution is -0.142. The second-order valence-corrected chi connectivity index (χ2v) is 14.3. The van der Waals surface area contributed by atoms with E-state index in [1.54, 1.807) is 0 Å². The third-order valence-electron chi connectivity index (χ3n) is 9.08. The molecule has 0 heterocycles. The Hall–Kier alpha value is -1.25. The number of aliphatic carboxylic acids is 1. The molecule has 3 nitrogen and oxygen atoms in total. The minimum absolute atomic E-state index is 0.134. The lowest BCUT2D eigenvalue weighted by atomic mass is 9.58. The van der Waals surface area contributed by atoms with Gasteiger partial charge in [0.15, 0.2) is 0 Å². The van der Waals surface area contributed by atoms with Crippen LogP contribution in [0.3, 0.4) is 0 Å². The SMILES string of the molecule is CCCCCCCCC(CCCCCC)CC(CC1=CC(C(C)(C)C)=C(O)C(C)(C(C)(C)C)C1)C(=O)O. The molecule has 1 aliphatic rings. The number of hydrogen-bond acceptors (Lipinski definition) is 2. The molecular formula is C34H62O3. The molecule has 0 fully saturated rings. The number of unbranched alkanes of at least 4 members (excludes halogenated alkanes) is 8. The minimum atomic E-state index is -0.657. The van der Waals surface area contributed by atoms with Crippen LogP contribution in [-0.2, 0) is 4.79 Å². The highest BCUT2D eigenvalue weighted by Crippen LogP contribution is 2.54. The summed E-state index contributed by atoms with van der Waals surface area (Å²) in [6.07, 6.45) is 19.3. The molecule has 3 heteroatoms. The second kappa shape index (κ2) is 15.4. The second-order valence-electron chi connectivity index (χ2n) is 14.3. The molecule has 0 saturated carbocycles. The van der Waals surface area contributed by atoms with Crippen molar-refractivity contribution < 1.29 is 15.0 Å². The predicted molar refractivity (Wildman–Crippen MR) is 160 cm³/mol. The van der Waals surface area contributed by atoms with Gasteiger partial charge in [-0.1, -0.05) is 151 Å². The van der Waals surface area contributed by atoms with Gasteiger partial charge in [0.2, 0.25) is 0 Å². The van der Waals surface area contributed by atoms with Gasteiger partial charge in [-0.2, -0.15) is 0 Å². The average molecular weight is 519 g/mol. The smallest absolute Gasteiger partial charge is 0.306 e. The van der Waals surface area contributed by atoms with E-state index in [2.05, 4.69) is 68.4 Å². The Balaban J connectivity index is 3.07. The Morgan fingerprint density at radius 2 is 1.38 bits per heavy atom. The molecule has 0 aromatic rings. The molecule has 37 heavy (non-hydrogen) atoms. The molecule has 2 N–H and O–H groups in total. The summed E-state index contributed by atoms with van der Waals surface area (Å²) in [6.45, 7) is 19.6. The van der Waals surface area contributed by atoms with Gasteiger partial charge >= 0.3 is 5.97 Å². The first-order chi connectivity index (χ1) is 17.2. The number of carbonyl (C=O) groups is 1. The normalized spacial score (nSPS) is 20.6. The fourth-order valence-corrected chi connectivity index (χ4v) is 5.93. The van der Waals surface area contributed by atoms with E-state index in [1.807, 2.05) is 0 Å². The van der Waals surface area contributed by atoms with Crippen molar-refractivity contribution in [3.05, 3.63) is 23.0 Å². The summed E-state index contributed by atoms with van der Waals surface area (Å²) in [6, 6.07) is 0. The van der Waals surface area contributed by atoms with Crippen molar-refractivity contribution in [2.24, 2.45) is 28.1 Å². The van der Waals surface area contributed by atoms with E-state index in [0.717, 1.165) is 31.3 Å². The van der Waals surface area contributed by atoms with Gasteiger partial charge in [0, 0.05) is 5.41 Å². The Morgan fingerprint density at radius 3 is 1.84 bits per heavy atom. The van der Waals surface area contributed by atoms with Gasteiger partial charge in [0.1, 0.15) is 5.76 Å². The van der Waals surface area contributed by atoms with E-state index in [9.17, 15) is 15.0 Å². The van der Waals surface area contributed by atoms with Crippen LogP contribution in [0.4, 0.5) is 0 Å². The van der Waals surface area contributed by atoms with E-state index in [1.165, 1.54) is 69.8 Å². The van der Waals surface area contributed by atoms with Gasteiger partial charge < -0.3 is 10.2 Å². The van der Waals surface area contributed by atoms with Crippen LogP contribution in [0.1, 0.15) is 159 Å². The standard InChI is InChI=1S/C34H62O3/c1-10-12-14-16-17-19-21-26(20-18-15-13-11-2)22-28(31(36)37)23-27-24-29(32(3,4)5)30(35)34(9,25-27)33(6,7)8/h24,26,28,35H,10-23,25H2,1-9H3,(H,36,37). The number of aliphatic hydroxyl groups is 1. The highest BCUT2D eigenvalue weighted by atomic mass is 16.4. The van der Waals surface area contributed by atoms with Crippen LogP contribution in [0.25, 0.3) is 0 Å². The highest BCUT2D eigenvalue weighted by molar-refractivity contribution is 5.70. The zero-order valence-corrected chi connectivity index (χ0v) is 26.1. The van der Waals surface area contributed by atoms with E-state index in [4.69, 9.17) is 0 Å². The topological polar surface area (TPSA) is 57.5 Å². The summed E-state index contributed by atoms with van der Waals surface area (Å²) in [5, 5.41) is 21.7. The summed E-state index contributed by atoms with van der Waals surface area (Å²) in [5.41, 5.74) is 1.43. The Bertz CT molecular complexity index is 746. The summed E-state index contributed by atoms with van der Waals surface area (Å²) in [4.78, 5) is 12.5. The van der Waals surface area contributed by atoms with Gasteiger partial charge in [-0.15, -0.1) is 0 Å². The molecule has 0 aromatic heterocycles. The third kappa shape index (κ3) is 10.8. The van der Waals surface area contributed by atoms with Crippen molar-refractivity contribution in [3.8, 4) is 0 Å². The lowest BCUT2D eigenvalue weighted by Gasteiger charge is -2.46. The van der Waals surface area contributed by atoms with Crippen molar-refractivity contribution in [3.63, 3.8) is 0 Å². The zero-order valence-electron chi connectivity index (χ0n) is 26.1. The fourth-order valence-electron chi connectivity index (χ4n) is 5.93. The minimum Gasteiger partial charge on any atom is -0.511 e. The average Bonchev–Trinajstić information content (AvgIpc) is 2.78. The van der Waals surface area contributed by atoms with Gasteiger partial charge in [0.25, 0.3) is 0 Å². The first-order valence-corrected chi connectivity index (χ1v) is 15.5. The molecular weight excluding hydrogens is 456 g/mol. The Kier molecular flexibility index (Phi) is 14.0. The number of rotatable bonds is 17. The number of carboxylic acid groups (broad SMARTS) is 1. The van der Waals surface area contributed by atoms with E-state index < -0.39 is 11.4 Å². The summed E-state index contributed by atoms with van der Waals surface area (Å²) < 4.78 is 0. The molecule has 0 aromatic carbocycles. The van der Waals surface area contributed by atoms with Crippen LogP contribution in [0, 0.1) is 28.1 Å². The quantitative estimate of drug-likeness (QED) is 0.188. The fraction of sp³-hybridized carbons (Fsp3) is 0.853. The number of carboxylic acids is 1. The van der Waals surface area contributed by atoms with Crippen LogP contribution >= 0.6 is 0 Å². The molecule has 3 atom stereocenters. The van der Waals surface area contributed by atoms with E-state index in [-0.39, 0.29) is 16.7 Å². The maximum absolute atomic E-state index is 12.5. The first-order valence-electron chi connectivity index (χ1n) is 15.5. The summed E-state index contributed by atoms with van der Waals surface area (Å²) >= 11 is 0. The Labute approximate surface area is 230 Å². The van der Waals surface area contributed by atoms with Crippen molar-refractivity contribution in [1.29, 1.82) is 0 Å².